The average molecular weight is 236 g/mol. The van der Waals surface area contributed by atoms with E-state index in [0.29, 0.717) is 12.0 Å². The Morgan fingerprint density at radius 1 is 1.59 bits per heavy atom. The van der Waals surface area contributed by atoms with E-state index in [1.807, 2.05) is 10.9 Å². The molecule has 1 aromatic rings. The first kappa shape index (κ1) is 12.6. The van der Waals surface area contributed by atoms with Crippen molar-refractivity contribution in [3.8, 4) is 0 Å². The zero-order chi connectivity index (χ0) is 12.3. The molecule has 2 heterocycles. The average Bonchev–Trinajstić information content (AvgIpc) is 2.89. The molecule has 2 rings (SSSR count). The molecule has 2 N–H and O–H groups in total. The number of likely N-dealkylation sites (tertiary alicyclic amines) is 1. The number of aromatic nitrogens is 2. The van der Waals surface area contributed by atoms with Crippen molar-refractivity contribution in [2.45, 2.75) is 45.8 Å². The lowest BCUT2D eigenvalue weighted by atomic mass is 10.0. The number of aryl methyl sites for hydroxylation is 1. The maximum atomic E-state index is 5.95. The third kappa shape index (κ3) is 3.30. The van der Waals surface area contributed by atoms with Gasteiger partial charge in [-0.05, 0) is 32.2 Å². The summed E-state index contributed by atoms with van der Waals surface area (Å²) < 4.78 is 2.04. The van der Waals surface area contributed by atoms with Crippen molar-refractivity contribution in [2.24, 2.45) is 11.7 Å². The Hall–Kier alpha value is -0.870. The summed E-state index contributed by atoms with van der Waals surface area (Å²) in [6.45, 7) is 8.64. The summed E-state index contributed by atoms with van der Waals surface area (Å²) >= 11 is 0. The normalized spacial score (nSPS) is 23.1. The third-order valence-corrected chi connectivity index (χ3v) is 3.60. The van der Waals surface area contributed by atoms with E-state index in [1.165, 1.54) is 18.5 Å². The lowest BCUT2D eigenvalue weighted by Gasteiger charge is -2.16. The Kier molecular flexibility index (Phi) is 4.18. The first-order chi connectivity index (χ1) is 8.19. The monoisotopic (exact) mass is 236 g/mol. The lowest BCUT2D eigenvalue weighted by molar-refractivity contribution is 0.308. The highest BCUT2D eigenvalue weighted by Crippen LogP contribution is 2.20. The van der Waals surface area contributed by atoms with E-state index in [0.717, 1.165) is 26.1 Å². The van der Waals surface area contributed by atoms with Crippen LogP contribution in [0.2, 0.25) is 0 Å². The minimum atomic E-state index is 0.322. The summed E-state index contributed by atoms with van der Waals surface area (Å²) in [6, 6.07) is 0.322. The highest BCUT2D eigenvalue weighted by molar-refractivity contribution is 5.04. The van der Waals surface area contributed by atoms with Crippen LogP contribution in [0.25, 0.3) is 0 Å². The van der Waals surface area contributed by atoms with E-state index in [4.69, 9.17) is 5.73 Å². The molecule has 96 valence electrons. The third-order valence-electron chi connectivity index (χ3n) is 3.60. The fraction of sp³-hybridized carbons (Fsp3) is 0.769. The van der Waals surface area contributed by atoms with E-state index < -0.39 is 0 Å². The molecule has 0 bridgehead atoms. The maximum Gasteiger partial charge on any atom is 0.0534 e. The van der Waals surface area contributed by atoms with Gasteiger partial charge in [-0.2, -0.15) is 5.10 Å². The molecule has 0 aliphatic carbocycles. The van der Waals surface area contributed by atoms with Crippen molar-refractivity contribution < 1.29 is 0 Å². The number of nitrogens with zero attached hydrogens (tertiary/aromatic N) is 3. The van der Waals surface area contributed by atoms with Gasteiger partial charge in [-0.3, -0.25) is 9.58 Å². The number of hydrogen-bond acceptors (Lipinski definition) is 3. The van der Waals surface area contributed by atoms with Gasteiger partial charge in [-0.15, -0.1) is 0 Å². The lowest BCUT2D eigenvalue weighted by Crippen LogP contribution is -2.29. The summed E-state index contributed by atoms with van der Waals surface area (Å²) in [4.78, 5) is 2.49. The first-order valence-electron chi connectivity index (χ1n) is 6.68. The van der Waals surface area contributed by atoms with E-state index in [2.05, 4.69) is 30.0 Å². The van der Waals surface area contributed by atoms with Crippen molar-refractivity contribution >= 4 is 0 Å². The zero-order valence-electron chi connectivity index (χ0n) is 11.0. The second-order valence-electron chi connectivity index (χ2n) is 5.25. The van der Waals surface area contributed by atoms with Crippen LogP contribution in [0, 0.1) is 5.92 Å². The smallest absolute Gasteiger partial charge is 0.0534 e. The highest BCUT2D eigenvalue weighted by Gasteiger charge is 2.25. The molecule has 17 heavy (non-hydrogen) atoms. The van der Waals surface area contributed by atoms with Crippen LogP contribution in [-0.2, 0) is 13.1 Å². The fourth-order valence-electron chi connectivity index (χ4n) is 2.53. The quantitative estimate of drug-likeness (QED) is 0.842. The molecule has 0 amide bonds. The van der Waals surface area contributed by atoms with Crippen molar-refractivity contribution in [1.29, 1.82) is 0 Å². The standard InChI is InChI=1S/C13H24N4/c1-3-5-17-9-12(7-15-17)8-16-6-4-13(10-16)11(2)14/h7,9,11,13H,3-6,8,10,14H2,1-2H3. The number of hydrogen-bond donors (Lipinski definition) is 1. The van der Waals surface area contributed by atoms with Gasteiger partial charge in [-0.1, -0.05) is 6.92 Å². The molecule has 2 atom stereocenters. The Morgan fingerprint density at radius 2 is 2.41 bits per heavy atom. The van der Waals surface area contributed by atoms with Gasteiger partial charge < -0.3 is 5.73 Å². The molecule has 1 aromatic heterocycles. The van der Waals surface area contributed by atoms with Gasteiger partial charge in [0.25, 0.3) is 0 Å². The van der Waals surface area contributed by atoms with Crippen LogP contribution in [0.3, 0.4) is 0 Å². The van der Waals surface area contributed by atoms with Crippen molar-refractivity contribution in [3.63, 3.8) is 0 Å². The van der Waals surface area contributed by atoms with E-state index in [-0.39, 0.29) is 0 Å². The molecule has 1 aliphatic rings. The molecule has 0 saturated carbocycles. The van der Waals surface area contributed by atoms with Gasteiger partial charge in [0, 0.05) is 37.4 Å². The largest absolute Gasteiger partial charge is 0.328 e. The van der Waals surface area contributed by atoms with Crippen LogP contribution in [0.5, 0.6) is 0 Å². The summed E-state index contributed by atoms with van der Waals surface area (Å²) in [6.07, 6.45) is 6.54. The Labute approximate surface area is 104 Å². The molecule has 1 aliphatic heterocycles. The van der Waals surface area contributed by atoms with Crippen LogP contribution in [0.15, 0.2) is 12.4 Å². The molecule has 2 unspecified atom stereocenters. The summed E-state index contributed by atoms with van der Waals surface area (Å²) in [5.41, 5.74) is 7.28. The van der Waals surface area contributed by atoms with Crippen LogP contribution in [0.4, 0.5) is 0 Å². The fourth-order valence-corrected chi connectivity index (χ4v) is 2.53. The SMILES string of the molecule is CCCn1cc(CN2CCC(C(C)N)C2)cn1. The molecule has 4 nitrogen and oxygen atoms in total. The van der Waals surface area contributed by atoms with Crippen LogP contribution >= 0.6 is 0 Å². The molecule has 0 radical (unpaired) electrons. The Morgan fingerprint density at radius 3 is 3.06 bits per heavy atom. The van der Waals surface area contributed by atoms with Crippen LogP contribution in [0.1, 0.15) is 32.3 Å². The van der Waals surface area contributed by atoms with E-state index >= 15 is 0 Å². The molecular formula is C13H24N4. The predicted octanol–water partition coefficient (Wildman–Crippen LogP) is 1.46. The molecule has 0 aromatic carbocycles. The van der Waals surface area contributed by atoms with Crippen molar-refractivity contribution in [2.75, 3.05) is 13.1 Å². The van der Waals surface area contributed by atoms with Gasteiger partial charge in [0.1, 0.15) is 0 Å². The number of rotatable bonds is 5. The van der Waals surface area contributed by atoms with Crippen LogP contribution < -0.4 is 5.73 Å². The summed E-state index contributed by atoms with van der Waals surface area (Å²) in [5.74, 6) is 0.667. The van der Waals surface area contributed by atoms with Gasteiger partial charge >= 0.3 is 0 Å². The predicted molar refractivity (Wildman–Crippen MR) is 69.6 cm³/mol. The van der Waals surface area contributed by atoms with Gasteiger partial charge in [0.15, 0.2) is 0 Å². The zero-order valence-corrected chi connectivity index (χ0v) is 11.0. The van der Waals surface area contributed by atoms with E-state index in [9.17, 15) is 0 Å². The van der Waals surface area contributed by atoms with Crippen molar-refractivity contribution in [3.05, 3.63) is 18.0 Å². The highest BCUT2D eigenvalue weighted by atomic mass is 15.3. The molecule has 1 fully saturated rings. The minimum Gasteiger partial charge on any atom is -0.328 e. The van der Waals surface area contributed by atoms with E-state index in [1.54, 1.807) is 0 Å². The topological polar surface area (TPSA) is 47.1 Å². The first-order valence-corrected chi connectivity index (χ1v) is 6.68. The van der Waals surface area contributed by atoms with Gasteiger partial charge in [-0.25, -0.2) is 0 Å². The number of nitrogens with two attached hydrogens (primary N) is 1. The molecule has 1 saturated heterocycles. The van der Waals surface area contributed by atoms with Crippen LogP contribution in [-0.4, -0.2) is 33.8 Å². The molecular weight excluding hydrogens is 212 g/mol. The van der Waals surface area contributed by atoms with Crippen molar-refractivity contribution in [1.82, 2.24) is 14.7 Å². The summed E-state index contributed by atoms with van der Waals surface area (Å²) in [7, 11) is 0. The molecule has 4 heteroatoms. The Balaban J connectivity index is 1.84. The summed E-state index contributed by atoms with van der Waals surface area (Å²) in [5, 5.41) is 4.37. The Bertz CT molecular complexity index is 345. The second-order valence-corrected chi connectivity index (χ2v) is 5.25. The van der Waals surface area contributed by atoms with Gasteiger partial charge in [0.2, 0.25) is 0 Å². The second kappa shape index (κ2) is 5.65. The van der Waals surface area contributed by atoms with Gasteiger partial charge in [0.05, 0.1) is 6.20 Å². The molecule has 0 spiro atoms. The maximum absolute atomic E-state index is 5.95. The minimum absolute atomic E-state index is 0.322.